The van der Waals surface area contributed by atoms with Gasteiger partial charge in [-0.3, -0.25) is 0 Å². The Balaban J connectivity index is 2.84. The summed E-state index contributed by atoms with van der Waals surface area (Å²) in [5.41, 5.74) is -0.105. The van der Waals surface area contributed by atoms with Gasteiger partial charge in [0.05, 0.1) is 6.61 Å². The largest absolute Gasteiger partial charge is 0.476 e. The number of rotatable bonds is 6. The van der Waals surface area contributed by atoms with E-state index < -0.39 is 5.97 Å². The average molecular weight is 223 g/mol. The third-order valence-corrected chi connectivity index (χ3v) is 1.91. The molecule has 2 N–H and O–H groups in total. The molecule has 1 heterocycles. The maximum absolute atomic E-state index is 10.6. The summed E-state index contributed by atoms with van der Waals surface area (Å²) in [6.07, 6.45) is 1.67. The number of aliphatic hydroxyl groups is 1. The molecule has 1 rings (SSSR count). The van der Waals surface area contributed by atoms with Crippen molar-refractivity contribution in [2.24, 2.45) is 0 Å². The van der Waals surface area contributed by atoms with Gasteiger partial charge in [-0.05, 0) is 12.1 Å². The fourth-order valence-electron chi connectivity index (χ4n) is 1.18. The van der Waals surface area contributed by atoms with Crippen molar-refractivity contribution >= 4 is 11.8 Å². The molecule has 0 aliphatic rings. The van der Waals surface area contributed by atoms with Crippen LogP contribution < -0.4 is 4.90 Å². The molecule has 0 saturated heterocycles. The molecule has 6 heteroatoms. The van der Waals surface area contributed by atoms with Crippen LogP contribution in [0.15, 0.2) is 24.8 Å². The second-order valence-corrected chi connectivity index (χ2v) is 3.04. The van der Waals surface area contributed by atoms with Crippen molar-refractivity contribution in [3.63, 3.8) is 0 Å². The number of aromatic nitrogens is 2. The summed E-state index contributed by atoms with van der Waals surface area (Å²) in [4.78, 5) is 12.3. The smallest absolute Gasteiger partial charge is 0.356 e. The molecule has 1 aromatic heterocycles. The molecule has 0 saturated carbocycles. The zero-order valence-corrected chi connectivity index (χ0v) is 8.70. The number of anilines is 1. The summed E-state index contributed by atoms with van der Waals surface area (Å²) in [6.45, 7) is 4.48. The van der Waals surface area contributed by atoms with Crippen molar-refractivity contribution in [2.45, 2.75) is 0 Å². The highest BCUT2D eigenvalue weighted by Gasteiger charge is 2.09. The normalized spacial score (nSPS) is 9.81. The first kappa shape index (κ1) is 12.1. The van der Waals surface area contributed by atoms with Gasteiger partial charge in [-0.25, -0.2) is 4.79 Å². The quantitative estimate of drug-likeness (QED) is 0.668. The predicted molar refractivity (Wildman–Crippen MR) is 58.5 cm³/mol. The van der Waals surface area contributed by atoms with Crippen LogP contribution >= 0.6 is 0 Å². The van der Waals surface area contributed by atoms with E-state index in [1.165, 1.54) is 6.07 Å². The standard InChI is InChI=1S/C10H13N3O3/c1-2-5-13(6-7-14)9-4-3-8(10(15)16)11-12-9/h2-4,14H,1,5-7H2,(H,15,16). The summed E-state index contributed by atoms with van der Waals surface area (Å²) in [5, 5.41) is 24.8. The molecule has 0 radical (unpaired) electrons. The lowest BCUT2D eigenvalue weighted by Gasteiger charge is -2.19. The summed E-state index contributed by atoms with van der Waals surface area (Å²) >= 11 is 0. The lowest BCUT2D eigenvalue weighted by Crippen LogP contribution is -2.28. The first-order chi connectivity index (χ1) is 7.69. The molecule has 0 spiro atoms. The Morgan fingerprint density at radius 2 is 2.25 bits per heavy atom. The van der Waals surface area contributed by atoms with Crippen molar-refractivity contribution in [3.05, 3.63) is 30.5 Å². The van der Waals surface area contributed by atoms with Crippen molar-refractivity contribution in [1.82, 2.24) is 10.2 Å². The molecule has 0 bridgehead atoms. The fourth-order valence-corrected chi connectivity index (χ4v) is 1.18. The first-order valence-corrected chi connectivity index (χ1v) is 4.72. The van der Waals surface area contributed by atoms with Crippen LogP contribution in [0.3, 0.4) is 0 Å². The van der Waals surface area contributed by atoms with Gasteiger partial charge in [-0.15, -0.1) is 16.8 Å². The Morgan fingerprint density at radius 1 is 1.50 bits per heavy atom. The third kappa shape index (κ3) is 3.03. The maximum atomic E-state index is 10.6. The molecule has 0 amide bonds. The van der Waals surface area contributed by atoms with Crippen molar-refractivity contribution in [2.75, 3.05) is 24.6 Å². The molecule has 0 aliphatic heterocycles. The van der Waals surface area contributed by atoms with E-state index in [4.69, 9.17) is 10.2 Å². The van der Waals surface area contributed by atoms with Crippen molar-refractivity contribution in [1.29, 1.82) is 0 Å². The first-order valence-electron chi connectivity index (χ1n) is 4.72. The average Bonchev–Trinajstić information content (AvgIpc) is 2.29. The molecular weight excluding hydrogens is 210 g/mol. The molecule has 0 unspecified atom stereocenters. The number of aromatic carboxylic acids is 1. The van der Waals surface area contributed by atoms with Crippen molar-refractivity contribution < 1.29 is 15.0 Å². The van der Waals surface area contributed by atoms with Crippen LogP contribution in [0.5, 0.6) is 0 Å². The van der Waals surface area contributed by atoms with Gasteiger partial charge >= 0.3 is 5.97 Å². The van der Waals surface area contributed by atoms with E-state index in [0.717, 1.165) is 0 Å². The van der Waals surface area contributed by atoms with Gasteiger partial charge in [0.25, 0.3) is 0 Å². The van der Waals surface area contributed by atoms with E-state index in [-0.39, 0.29) is 12.3 Å². The zero-order chi connectivity index (χ0) is 12.0. The number of nitrogens with zero attached hydrogens (tertiary/aromatic N) is 3. The highest BCUT2D eigenvalue weighted by atomic mass is 16.4. The maximum Gasteiger partial charge on any atom is 0.356 e. The Hall–Kier alpha value is -1.95. The molecule has 1 aromatic rings. The number of carbonyl (C=O) groups is 1. The molecule has 0 aliphatic carbocycles. The minimum Gasteiger partial charge on any atom is -0.476 e. The van der Waals surface area contributed by atoms with E-state index in [1.807, 2.05) is 0 Å². The zero-order valence-electron chi connectivity index (χ0n) is 8.70. The second kappa shape index (κ2) is 5.82. The van der Waals surface area contributed by atoms with Gasteiger partial charge in [-0.2, -0.15) is 0 Å². The lowest BCUT2D eigenvalue weighted by molar-refractivity contribution is 0.0689. The van der Waals surface area contributed by atoms with Crippen LogP contribution in [0.1, 0.15) is 10.5 Å². The number of hydrogen-bond acceptors (Lipinski definition) is 5. The number of aliphatic hydroxyl groups excluding tert-OH is 1. The third-order valence-electron chi connectivity index (χ3n) is 1.91. The van der Waals surface area contributed by atoms with Gasteiger partial charge in [0.2, 0.25) is 0 Å². The van der Waals surface area contributed by atoms with Crippen LogP contribution in [0.2, 0.25) is 0 Å². The topological polar surface area (TPSA) is 86.5 Å². The van der Waals surface area contributed by atoms with Crippen LogP contribution in [0.25, 0.3) is 0 Å². The highest BCUT2D eigenvalue weighted by Crippen LogP contribution is 2.08. The summed E-state index contributed by atoms with van der Waals surface area (Å²) in [7, 11) is 0. The Bertz CT molecular complexity index is 364. The molecule has 6 nitrogen and oxygen atoms in total. The van der Waals surface area contributed by atoms with Gasteiger partial charge in [-0.1, -0.05) is 6.08 Å². The van der Waals surface area contributed by atoms with Gasteiger partial charge in [0.1, 0.15) is 0 Å². The van der Waals surface area contributed by atoms with Crippen LogP contribution in [0.4, 0.5) is 5.82 Å². The van der Waals surface area contributed by atoms with Gasteiger partial charge in [0, 0.05) is 13.1 Å². The number of carboxylic acid groups (broad SMARTS) is 1. The Labute approximate surface area is 92.8 Å². The molecule has 0 aromatic carbocycles. The molecule has 86 valence electrons. The predicted octanol–water partition coefficient (Wildman–Crippen LogP) is 0.159. The molecule has 16 heavy (non-hydrogen) atoms. The molecule has 0 fully saturated rings. The summed E-state index contributed by atoms with van der Waals surface area (Å²) < 4.78 is 0. The minimum absolute atomic E-state index is 0.0177. The minimum atomic E-state index is -1.11. The van der Waals surface area contributed by atoms with Gasteiger partial charge < -0.3 is 15.1 Å². The monoisotopic (exact) mass is 223 g/mol. The van der Waals surface area contributed by atoms with E-state index in [0.29, 0.717) is 18.9 Å². The van der Waals surface area contributed by atoms with Crippen LogP contribution in [-0.4, -0.2) is 46.1 Å². The van der Waals surface area contributed by atoms with Crippen molar-refractivity contribution in [3.8, 4) is 0 Å². The Morgan fingerprint density at radius 3 is 2.69 bits per heavy atom. The summed E-state index contributed by atoms with van der Waals surface area (Å²) in [5.74, 6) is -0.601. The summed E-state index contributed by atoms with van der Waals surface area (Å²) in [6, 6.07) is 2.92. The van der Waals surface area contributed by atoms with Crippen LogP contribution in [0, 0.1) is 0 Å². The molecular formula is C10H13N3O3. The van der Waals surface area contributed by atoms with Crippen LogP contribution in [-0.2, 0) is 0 Å². The Kier molecular flexibility index (Phi) is 4.41. The van der Waals surface area contributed by atoms with E-state index in [9.17, 15) is 4.79 Å². The highest BCUT2D eigenvalue weighted by molar-refractivity contribution is 5.85. The molecule has 0 atom stereocenters. The second-order valence-electron chi connectivity index (χ2n) is 3.04. The van der Waals surface area contributed by atoms with E-state index in [2.05, 4.69) is 16.8 Å². The van der Waals surface area contributed by atoms with E-state index in [1.54, 1.807) is 17.0 Å². The fraction of sp³-hybridized carbons (Fsp3) is 0.300. The number of hydrogen-bond donors (Lipinski definition) is 2. The SMILES string of the molecule is C=CCN(CCO)c1ccc(C(=O)O)nn1. The number of carboxylic acids is 1. The lowest BCUT2D eigenvalue weighted by atomic mass is 10.3. The van der Waals surface area contributed by atoms with Gasteiger partial charge in [0.15, 0.2) is 11.5 Å². The van der Waals surface area contributed by atoms with E-state index >= 15 is 0 Å².